The van der Waals surface area contributed by atoms with E-state index in [1.165, 1.54) is 5.56 Å². The lowest BCUT2D eigenvalue weighted by Crippen LogP contribution is -2.26. The van der Waals surface area contributed by atoms with Gasteiger partial charge in [0.05, 0.1) is 52.4 Å². The van der Waals surface area contributed by atoms with E-state index < -0.39 is 0 Å². The Hall–Kier alpha value is -6.50. The van der Waals surface area contributed by atoms with Crippen molar-refractivity contribution in [1.82, 2.24) is 10.6 Å². The molecule has 0 radical (unpaired) electrons. The van der Waals surface area contributed by atoms with Crippen molar-refractivity contribution in [3.63, 3.8) is 0 Å². The zero-order valence-electron chi connectivity index (χ0n) is 35.4. The van der Waals surface area contributed by atoms with E-state index in [2.05, 4.69) is 98.4 Å². The molecule has 312 valence electrons. The minimum Gasteiger partial charge on any atom is -0.311 e. The third-order valence-corrected chi connectivity index (χ3v) is 9.27. The Morgan fingerprint density at radius 3 is 1.05 bits per heavy atom. The van der Waals surface area contributed by atoms with Gasteiger partial charge in [-0.1, -0.05) is 0 Å². The van der Waals surface area contributed by atoms with Crippen molar-refractivity contribution in [2.75, 3.05) is 79.0 Å². The SMILES string of the molecule is CCN=Cc1cc2cc(c1)C=NCCN=Cc1cc3cc(c1)CNCCNCc1cc(C=NC)cc(c1)C=NCCN=Cc1cc(cc(c1)C=NCCN=C3)C=NCCN=C2. The second-order valence-corrected chi connectivity index (χ2v) is 14.5. The fraction of sp³-hybridized carbons (Fsp3) is 0.306. The molecule has 4 aromatic rings. The zero-order chi connectivity index (χ0) is 42.2. The Bertz CT molecular complexity index is 2340. The number of rotatable bonds is 3. The van der Waals surface area contributed by atoms with Crippen molar-refractivity contribution in [3.8, 4) is 0 Å². The van der Waals surface area contributed by atoms with E-state index >= 15 is 0 Å². The molecule has 0 unspecified atom stereocenters. The molecule has 2 aliphatic heterocycles. The van der Waals surface area contributed by atoms with Crippen LogP contribution >= 0.6 is 0 Å². The average molecular weight is 813 g/mol. The van der Waals surface area contributed by atoms with Crippen molar-refractivity contribution in [2.45, 2.75) is 20.0 Å². The molecule has 0 amide bonds. The molecule has 0 spiro atoms. The normalized spacial score (nSPS) is 16.2. The molecule has 0 saturated carbocycles. The first-order chi connectivity index (χ1) is 30.1. The summed E-state index contributed by atoms with van der Waals surface area (Å²) in [5, 5.41) is 7.19. The highest BCUT2D eigenvalue weighted by molar-refractivity contribution is 5.93. The van der Waals surface area contributed by atoms with Gasteiger partial charge in [0.15, 0.2) is 0 Å². The number of fused-ring (bicyclic) bond motifs is 11. The van der Waals surface area contributed by atoms with E-state index in [9.17, 15) is 0 Å². The lowest BCUT2D eigenvalue weighted by atomic mass is 10.1. The number of hydrogen-bond donors (Lipinski definition) is 2. The molecule has 2 N–H and O–H groups in total. The number of benzene rings is 4. The Labute approximate surface area is 360 Å². The third-order valence-electron chi connectivity index (χ3n) is 9.27. The second kappa shape index (κ2) is 25.2. The van der Waals surface area contributed by atoms with Gasteiger partial charge in [-0.25, -0.2) is 0 Å². The number of aliphatic imine (C=N–C) groups is 10. The monoisotopic (exact) mass is 812 g/mol. The van der Waals surface area contributed by atoms with Crippen LogP contribution in [0.5, 0.6) is 0 Å². The Morgan fingerprint density at radius 1 is 0.410 bits per heavy atom. The van der Waals surface area contributed by atoms with Crippen LogP contribution in [-0.4, -0.2) is 141 Å². The first kappa shape index (κ1) is 44.1. The smallest absolute Gasteiger partial charge is 0.0585 e. The van der Waals surface area contributed by atoms with Gasteiger partial charge in [-0.15, -0.1) is 0 Å². The van der Waals surface area contributed by atoms with E-state index in [1.807, 2.05) is 69.1 Å². The summed E-state index contributed by atoms with van der Waals surface area (Å²) in [5.74, 6) is 0. The van der Waals surface area contributed by atoms with Crippen LogP contribution in [0.15, 0.2) is 123 Å². The van der Waals surface area contributed by atoms with Crippen molar-refractivity contribution < 1.29 is 0 Å². The second-order valence-electron chi connectivity index (χ2n) is 14.5. The summed E-state index contributed by atoms with van der Waals surface area (Å²) in [6, 6.07) is 25.4. The molecule has 0 aromatic heterocycles. The van der Waals surface area contributed by atoms with Crippen LogP contribution in [-0.2, 0) is 13.1 Å². The molecule has 0 saturated heterocycles. The quantitative estimate of drug-likeness (QED) is 0.251. The predicted molar refractivity (Wildman–Crippen MR) is 261 cm³/mol. The molecule has 12 nitrogen and oxygen atoms in total. The molecule has 4 aromatic carbocycles. The Morgan fingerprint density at radius 2 is 0.705 bits per heavy atom. The zero-order valence-corrected chi connectivity index (χ0v) is 35.4. The molecule has 12 heteroatoms. The van der Waals surface area contributed by atoms with Crippen molar-refractivity contribution in [3.05, 3.63) is 140 Å². The topological polar surface area (TPSA) is 148 Å². The maximum Gasteiger partial charge on any atom is 0.0585 e. The molecule has 61 heavy (non-hydrogen) atoms. The van der Waals surface area contributed by atoms with E-state index in [0.717, 1.165) is 80.8 Å². The van der Waals surface area contributed by atoms with E-state index in [0.29, 0.717) is 65.4 Å². The number of nitrogens with one attached hydrogen (secondary N) is 2. The largest absolute Gasteiger partial charge is 0.311 e. The first-order valence-electron chi connectivity index (χ1n) is 21.0. The van der Waals surface area contributed by atoms with E-state index in [-0.39, 0.29) is 0 Å². The molecule has 0 aliphatic carbocycles. The Balaban J connectivity index is 1.31. The van der Waals surface area contributed by atoms with Crippen molar-refractivity contribution in [1.29, 1.82) is 0 Å². The summed E-state index contributed by atoms with van der Waals surface area (Å²) < 4.78 is 0. The van der Waals surface area contributed by atoms with Crippen LogP contribution in [0.4, 0.5) is 0 Å². The van der Waals surface area contributed by atoms with Gasteiger partial charge in [-0.05, 0) is 146 Å². The van der Waals surface area contributed by atoms with Gasteiger partial charge in [0.25, 0.3) is 0 Å². The molecule has 10 bridgehead atoms. The van der Waals surface area contributed by atoms with E-state index in [1.54, 1.807) is 7.05 Å². The number of nitrogens with zero attached hydrogens (tertiary/aromatic N) is 10. The van der Waals surface area contributed by atoms with Crippen LogP contribution in [0, 0.1) is 0 Å². The van der Waals surface area contributed by atoms with Gasteiger partial charge >= 0.3 is 0 Å². The summed E-state index contributed by atoms with van der Waals surface area (Å²) in [6.45, 7) is 10.3. The lowest BCUT2D eigenvalue weighted by Gasteiger charge is -2.10. The van der Waals surface area contributed by atoms with Crippen LogP contribution in [0.25, 0.3) is 0 Å². The molecule has 0 atom stereocenters. The minimum atomic E-state index is 0.548. The standard InChI is InChI=1S/C49H56N12/c1-3-51-27-39-16-42-19-43(17-39)31-55-9-11-59-35-47-21-45-23-49(25-47)37-61-13-12-60-36-48-22-44(20-46(24-48)34-58-10-8-54-30-42)32-56-6-4-52-28-40-14-38(26-50-2)15-41(18-40)29-53-5-7-57-33-45/h14-28,30-32,34-37,53,57H,3-13,29,33H2,1-2H3. The average Bonchev–Trinajstić information content (AvgIpc) is 3.25. The minimum absolute atomic E-state index is 0.548. The van der Waals surface area contributed by atoms with Crippen LogP contribution in [0.1, 0.15) is 73.7 Å². The van der Waals surface area contributed by atoms with Gasteiger partial charge in [0.2, 0.25) is 0 Å². The fourth-order valence-corrected chi connectivity index (χ4v) is 6.65. The van der Waals surface area contributed by atoms with Crippen LogP contribution in [0.3, 0.4) is 0 Å². The third kappa shape index (κ3) is 16.2. The highest BCUT2D eigenvalue weighted by Crippen LogP contribution is 2.12. The first-order valence-corrected chi connectivity index (χ1v) is 21.0. The fourth-order valence-electron chi connectivity index (χ4n) is 6.65. The van der Waals surface area contributed by atoms with Crippen LogP contribution in [0.2, 0.25) is 0 Å². The highest BCUT2D eigenvalue weighted by atomic mass is 14.9. The molecule has 0 fully saturated rings. The van der Waals surface area contributed by atoms with Gasteiger partial charge in [0.1, 0.15) is 0 Å². The summed E-state index contributed by atoms with van der Waals surface area (Å²) in [4.78, 5) is 46.4. The van der Waals surface area contributed by atoms with Gasteiger partial charge in [-0.3, -0.25) is 49.9 Å². The van der Waals surface area contributed by atoms with E-state index in [4.69, 9.17) is 34.9 Å². The Kier molecular flexibility index (Phi) is 18.2. The maximum atomic E-state index is 4.74. The summed E-state index contributed by atoms with van der Waals surface area (Å²) in [5.41, 5.74) is 12.3. The predicted octanol–water partition coefficient (Wildman–Crippen LogP) is 5.83. The molecule has 2 aliphatic rings. The summed E-state index contributed by atoms with van der Waals surface area (Å²) >= 11 is 0. The van der Waals surface area contributed by atoms with Gasteiger partial charge in [0, 0.05) is 102 Å². The van der Waals surface area contributed by atoms with Crippen molar-refractivity contribution in [2.24, 2.45) is 49.9 Å². The molecule has 2 heterocycles. The summed E-state index contributed by atoms with van der Waals surface area (Å²) in [7, 11) is 1.79. The van der Waals surface area contributed by atoms with Gasteiger partial charge in [-0.2, -0.15) is 0 Å². The number of hydrogen-bond acceptors (Lipinski definition) is 12. The summed E-state index contributed by atoms with van der Waals surface area (Å²) in [6.07, 6.45) is 19.0. The molecular formula is C49H56N12. The lowest BCUT2D eigenvalue weighted by molar-refractivity contribution is 0.611. The van der Waals surface area contributed by atoms with Crippen LogP contribution < -0.4 is 10.6 Å². The highest BCUT2D eigenvalue weighted by Gasteiger charge is 2.04. The van der Waals surface area contributed by atoms with Crippen molar-refractivity contribution >= 4 is 62.1 Å². The maximum absolute atomic E-state index is 4.74. The van der Waals surface area contributed by atoms with Gasteiger partial charge < -0.3 is 10.6 Å². The molecular weight excluding hydrogens is 757 g/mol. The molecule has 6 rings (SSSR count).